The van der Waals surface area contributed by atoms with E-state index in [1.807, 2.05) is 0 Å². The topological polar surface area (TPSA) is 80.7 Å². The van der Waals surface area contributed by atoms with Gasteiger partial charge in [0.15, 0.2) is 28.8 Å². The molecule has 0 amide bonds. The van der Waals surface area contributed by atoms with Gasteiger partial charge in [-0.25, -0.2) is 13.8 Å². The van der Waals surface area contributed by atoms with E-state index in [-0.39, 0.29) is 23.0 Å². The van der Waals surface area contributed by atoms with E-state index in [1.54, 1.807) is 0 Å². The number of ether oxygens (including phenoxy) is 1. The molecular weight excluding hydrogens is 256 g/mol. The molecule has 19 heavy (non-hydrogen) atoms. The summed E-state index contributed by atoms with van der Waals surface area (Å²) in [5.41, 5.74) is 5.43. The van der Waals surface area contributed by atoms with Crippen molar-refractivity contribution in [3.05, 3.63) is 53.9 Å². The minimum atomic E-state index is -0.740. The first kappa shape index (κ1) is 12.7. The molecule has 3 N–H and O–H groups in total. The summed E-state index contributed by atoms with van der Waals surface area (Å²) in [7, 11) is 0. The fourth-order valence-electron chi connectivity index (χ4n) is 1.39. The lowest BCUT2D eigenvalue weighted by Crippen LogP contribution is -2.16. The molecule has 98 valence electrons. The van der Waals surface area contributed by atoms with E-state index in [1.165, 1.54) is 18.3 Å². The van der Waals surface area contributed by atoms with Gasteiger partial charge in [-0.3, -0.25) is 0 Å². The Morgan fingerprint density at radius 3 is 2.79 bits per heavy atom. The van der Waals surface area contributed by atoms with Gasteiger partial charge in [-0.2, -0.15) is 0 Å². The van der Waals surface area contributed by atoms with Crippen molar-refractivity contribution in [3.8, 4) is 11.5 Å². The first-order chi connectivity index (χ1) is 9.11. The summed E-state index contributed by atoms with van der Waals surface area (Å²) in [5, 5.41) is 11.4. The Kier molecular flexibility index (Phi) is 3.56. The van der Waals surface area contributed by atoms with Crippen molar-refractivity contribution >= 4 is 5.84 Å². The summed E-state index contributed by atoms with van der Waals surface area (Å²) in [4.78, 5) is 3.84. The molecule has 0 saturated heterocycles. The fraction of sp³-hybridized carbons (Fsp3) is 0. The van der Waals surface area contributed by atoms with Gasteiger partial charge >= 0.3 is 0 Å². The van der Waals surface area contributed by atoms with E-state index in [4.69, 9.17) is 15.7 Å². The lowest BCUT2D eigenvalue weighted by molar-refractivity contribution is 0.318. The van der Waals surface area contributed by atoms with E-state index >= 15 is 0 Å². The molecule has 0 spiro atoms. The van der Waals surface area contributed by atoms with Crippen LogP contribution in [0.4, 0.5) is 8.78 Å². The minimum absolute atomic E-state index is 0.0219. The van der Waals surface area contributed by atoms with Gasteiger partial charge in [0.2, 0.25) is 0 Å². The second-order valence-electron chi connectivity index (χ2n) is 3.51. The molecule has 7 heteroatoms. The Balaban J connectivity index is 2.41. The molecular formula is C12H9F2N3O2. The molecule has 0 aliphatic rings. The Labute approximate surface area is 107 Å². The van der Waals surface area contributed by atoms with Crippen LogP contribution in [-0.4, -0.2) is 16.0 Å². The van der Waals surface area contributed by atoms with Gasteiger partial charge in [-0.1, -0.05) is 5.16 Å². The first-order valence-corrected chi connectivity index (χ1v) is 5.17. The Morgan fingerprint density at radius 1 is 1.26 bits per heavy atom. The monoisotopic (exact) mass is 265 g/mol. The lowest BCUT2D eigenvalue weighted by Gasteiger charge is -2.09. The smallest absolute Gasteiger partial charge is 0.192 e. The Bertz CT molecular complexity index is 632. The van der Waals surface area contributed by atoms with Gasteiger partial charge in [0.25, 0.3) is 0 Å². The van der Waals surface area contributed by atoms with Crippen molar-refractivity contribution in [2.45, 2.75) is 0 Å². The molecule has 0 unspecified atom stereocenters. The number of hydrogen-bond acceptors (Lipinski definition) is 4. The molecule has 0 bridgehead atoms. The molecule has 0 radical (unpaired) electrons. The average Bonchev–Trinajstić information content (AvgIpc) is 2.42. The van der Waals surface area contributed by atoms with E-state index in [9.17, 15) is 8.78 Å². The number of hydrogen-bond donors (Lipinski definition) is 2. The number of rotatable bonds is 3. The highest BCUT2D eigenvalue weighted by Crippen LogP contribution is 2.26. The fourth-order valence-corrected chi connectivity index (χ4v) is 1.39. The van der Waals surface area contributed by atoms with Crippen molar-refractivity contribution in [2.75, 3.05) is 0 Å². The number of halogens is 2. The molecule has 0 fully saturated rings. The van der Waals surface area contributed by atoms with Crippen molar-refractivity contribution in [3.63, 3.8) is 0 Å². The second-order valence-corrected chi connectivity index (χ2v) is 3.51. The maximum Gasteiger partial charge on any atom is 0.192 e. The van der Waals surface area contributed by atoms with E-state index in [2.05, 4.69) is 10.1 Å². The molecule has 2 aromatic rings. The molecule has 1 aromatic carbocycles. The van der Waals surface area contributed by atoms with Crippen molar-refractivity contribution in [1.29, 1.82) is 0 Å². The maximum absolute atomic E-state index is 13.4. The first-order valence-electron chi connectivity index (χ1n) is 5.17. The molecule has 0 saturated carbocycles. The van der Waals surface area contributed by atoms with Crippen LogP contribution in [0.3, 0.4) is 0 Å². The predicted octanol–water partition coefficient (Wildman–Crippen LogP) is 2.25. The highest BCUT2D eigenvalue weighted by Gasteiger charge is 2.13. The highest BCUT2D eigenvalue weighted by atomic mass is 19.1. The Hall–Kier alpha value is -2.70. The zero-order chi connectivity index (χ0) is 13.8. The predicted molar refractivity (Wildman–Crippen MR) is 63.2 cm³/mol. The zero-order valence-corrected chi connectivity index (χ0v) is 9.55. The summed E-state index contributed by atoms with van der Waals surface area (Å²) in [6.45, 7) is 0. The lowest BCUT2D eigenvalue weighted by atomic mass is 10.3. The molecule has 2 rings (SSSR count). The Morgan fingerprint density at radius 2 is 2.05 bits per heavy atom. The number of oxime groups is 1. The van der Waals surface area contributed by atoms with Crippen LogP contribution < -0.4 is 10.5 Å². The van der Waals surface area contributed by atoms with Crippen LogP contribution in [0, 0.1) is 11.6 Å². The van der Waals surface area contributed by atoms with Crippen LogP contribution in [0.5, 0.6) is 11.5 Å². The van der Waals surface area contributed by atoms with Gasteiger partial charge in [-0.15, -0.1) is 0 Å². The SMILES string of the molecule is N/C(=N/O)c1ncccc1Oc1cc(F)ccc1F. The van der Waals surface area contributed by atoms with E-state index < -0.39 is 11.6 Å². The molecule has 0 atom stereocenters. The van der Waals surface area contributed by atoms with Gasteiger partial charge in [0.05, 0.1) is 0 Å². The van der Waals surface area contributed by atoms with Crippen LogP contribution in [0.25, 0.3) is 0 Å². The van der Waals surface area contributed by atoms with Gasteiger partial charge in [0.1, 0.15) is 5.82 Å². The molecule has 1 aromatic heterocycles. The third kappa shape index (κ3) is 2.76. The van der Waals surface area contributed by atoms with E-state index in [0.29, 0.717) is 0 Å². The van der Waals surface area contributed by atoms with Crippen molar-refractivity contribution in [2.24, 2.45) is 10.9 Å². The van der Waals surface area contributed by atoms with E-state index in [0.717, 1.165) is 18.2 Å². The van der Waals surface area contributed by atoms with Crippen molar-refractivity contribution < 1.29 is 18.7 Å². The van der Waals surface area contributed by atoms with Crippen LogP contribution in [0.2, 0.25) is 0 Å². The largest absolute Gasteiger partial charge is 0.452 e. The highest BCUT2D eigenvalue weighted by molar-refractivity contribution is 5.97. The molecule has 0 aliphatic heterocycles. The average molecular weight is 265 g/mol. The number of nitrogens with two attached hydrogens (primary N) is 1. The quantitative estimate of drug-likeness (QED) is 0.386. The summed E-state index contributed by atoms with van der Waals surface area (Å²) < 4.78 is 31.7. The molecule has 1 heterocycles. The summed E-state index contributed by atoms with van der Waals surface area (Å²) in [6, 6.07) is 5.74. The van der Waals surface area contributed by atoms with Gasteiger partial charge < -0.3 is 15.7 Å². The number of nitrogens with zero attached hydrogens (tertiary/aromatic N) is 2. The third-order valence-electron chi connectivity index (χ3n) is 2.23. The van der Waals surface area contributed by atoms with Gasteiger partial charge in [0, 0.05) is 12.3 Å². The van der Waals surface area contributed by atoms with Gasteiger partial charge in [-0.05, 0) is 24.3 Å². The number of benzene rings is 1. The van der Waals surface area contributed by atoms with Crippen LogP contribution in [0.15, 0.2) is 41.7 Å². The zero-order valence-electron chi connectivity index (χ0n) is 9.55. The van der Waals surface area contributed by atoms with Crippen LogP contribution in [-0.2, 0) is 0 Å². The summed E-state index contributed by atoms with van der Waals surface area (Å²) in [5.74, 6) is -1.96. The number of pyridine rings is 1. The molecule has 0 aliphatic carbocycles. The number of amidine groups is 1. The second kappa shape index (κ2) is 5.30. The summed E-state index contributed by atoms with van der Waals surface area (Å²) in [6.07, 6.45) is 1.39. The summed E-state index contributed by atoms with van der Waals surface area (Å²) >= 11 is 0. The maximum atomic E-state index is 13.4. The number of aromatic nitrogens is 1. The standard InChI is InChI=1S/C12H9F2N3O2/c13-7-3-4-8(14)10(6-7)19-9-2-1-5-16-11(9)12(15)17-18/h1-6,18H,(H2,15,17). The molecule has 5 nitrogen and oxygen atoms in total. The van der Waals surface area contributed by atoms with Crippen LogP contribution >= 0.6 is 0 Å². The van der Waals surface area contributed by atoms with Crippen LogP contribution in [0.1, 0.15) is 5.69 Å². The van der Waals surface area contributed by atoms with Crippen molar-refractivity contribution in [1.82, 2.24) is 4.98 Å². The minimum Gasteiger partial charge on any atom is -0.452 e. The third-order valence-corrected chi connectivity index (χ3v) is 2.23. The normalized spacial score (nSPS) is 11.4.